The van der Waals surface area contributed by atoms with Crippen LogP contribution in [-0.2, 0) is 6.54 Å². The first-order valence-electron chi connectivity index (χ1n) is 9.04. The standard InChI is InChI=1S/C21H19Cl2N3O2/c1-12-2-3-14(8-16(12)11-24-21(27)28)19-6-7-26(25-19)20-17(22)9-15(10-18(20)23)13-4-5-13/h2-3,6-10,13,24H,4-5,11H2,1H3,(H,27,28). The number of amides is 1. The first-order chi connectivity index (χ1) is 13.4. The Balaban J connectivity index is 1.65. The van der Waals surface area contributed by atoms with Crippen molar-refractivity contribution in [1.82, 2.24) is 15.1 Å². The Bertz CT molecular complexity index is 1030. The van der Waals surface area contributed by atoms with E-state index in [1.54, 1.807) is 4.68 Å². The van der Waals surface area contributed by atoms with E-state index >= 15 is 0 Å². The second kappa shape index (κ2) is 7.49. The van der Waals surface area contributed by atoms with Gasteiger partial charge in [-0.15, -0.1) is 0 Å². The second-order valence-electron chi connectivity index (χ2n) is 7.05. The number of nitrogens with zero attached hydrogens (tertiary/aromatic N) is 2. The molecule has 5 nitrogen and oxygen atoms in total. The van der Waals surface area contributed by atoms with Gasteiger partial charge in [-0.2, -0.15) is 5.10 Å². The van der Waals surface area contributed by atoms with E-state index in [1.807, 2.05) is 49.5 Å². The summed E-state index contributed by atoms with van der Waals surface area (Å²) in [6.07, 6.45) is 3.15. The first-order valence-corrected chi connectivity index (χ1v) is 9.79. The third kappa shape index (κ3) is 3.86. The predicted molar refractivity (Wildman–Crippen MR) is 111 cm³/mol. The molecule has 0 spiro atoms. The Morgan fingerprint density at radius 2 is 1.93 bits per heavy atom. The maximum atomic E-state index is 10.8. The van der Waals surface area contributed by atoms with Gasteiger partial charge in [-0.3, -0.25) is 0 Å². The fourth-order valence-electron chi connectivity index (χ4n) is 3.25. The van der Waals surface area contributed by atoms with E-state index in [0.29, 0.717) is 21.7 Å². The van der Waals surface area contributed by atoms with Crippen LogP contribution in [0.25, 0.3) is 16.9 Å². The van der Waals surface area contributed by atoms with Gasteiger partial charge in [0.25, 0.3) is 0 Å². The third-order valence-electron chi connectivity index (χ3n) is 4.98. The van der Waals surface area contributed by atoms with E-state index < -0.39 is 6.09 Å². The quantitative estimate of drug-likeness (QED) is 0.553. The number of nitrogens with one attached hydrogen (secondary N) is 1. The van der Waals surface area contributed by atoms with Gasteiger partial charge in [-0.25, -0.2) is 9.48 Å². The van der Waals surface area contributed by atoms with Gasteiger partial charge in [0.2, 0.25) is 0 Å². The summed E-state index contributed by atoms with van der Waals surface area (Å²) in [6.45, 7) is 2.19. The lowest BCUT2D eigenvalue weighted by Crippen LogP contribution is -2.20. The molecule has 1 saturated carbocycles. The summed E-state index contributed by atoms with van der Waals surface area (Å²) in [5, 5.41) is 17.0. The SMILES string of the molecule is Cc1ccc(-c2ccn(-c3c(Cl)cc(C4CC4)cc3Cl)n2)cc1CNC(=O)O. The molecule has 144 valence electrons. The summed E-state index contributed by atoms with van der Waals surface area (Å²) in [4.78, 5) is 10.8. The highest BCUT2D eigenvalue weighted by Crippen LogP contribution is 2.43. The highest BCUT2D eigenvalue weighted by Gasteiger charge is 2.25. The molecule has 7 heteroatoms. The minimum Gasteiger partial charge on any atom is -0.465 e. The molecule has 0 unspecified atom stereocenters. The van der Waals surface area contributed by atoms with Crippen molar-refractivity contribution >= 4 is 29.3 Å². The molecule has 1 aliphatic rings. The molecule has 1 aliphatic carbocycles. The molecule has 0 bridgehead atoms. The normalized spacial score (nSPS) is 13.5. The van der Waals surface area contributed by atoms with Gasteiger partial charge in [-0.05, 0) is 66.6 Å². The largest absolute Gasteiger partial charge is 0.465 e. The monoisotopic (exact) mass is 415 g/mol. The first kappa shape index (κ1) is 18.8. The van der Waals surface area contributed by atoms with Crippen LogP contribution in [0.1, 0.15) is 35.4 Å². The Morgan fingerprint density at radius 3 is 2.57 bits per heavy atom. The Hall–Kier alpha value is -2.50. The van der Waals surface area contributed by atoms with Crippen LogP contribution in [0.4, 0.5) is 4.79 Å². The molecule has 0 atom stereocenters. The number of halogens is 2. The summed E-state index contributed by atoms with van der Waals surface area (Å²) in [5.74, 6) is 0.572. The molecule has 28 heavy (non-hydrogen) atoms. The van der Waals surface area contributed by atoms with E-state index in [-0.39, 0.29) is 6.54 Å². The van der Waals surface area contributed by atoms with Crippen molar-refractivity contribution in [2.24, 2.45) is 0 Å². The number of hydrogen-bond donors (Lipinski definition) is 2. The summed E-state index contributed by atoms with van der Waals surface area (Å²) >= 11 is 13.0. The van der Waals surface area contributed by atoms with Gasteiger partial charge in [0.15, 0.2) is 0 Å². The van der Waals surface area contributed by atoms with Crippen LogP contribution < -0.4 is 5.32 Å². The molecular formula is C21H19Cl2N3O2. The van der Waals surface area contributed by atoms with Crippen molar-refractivity contribution in [2.45, 2.75) is 32.2 Å². The number of benzene rings is 2. The molecule has 1 aromatic heterocycles. The highest BCUT2D eigenvalue weighted by atomic mass is 35.5. The Morgan fingerprint density at radius 1 is 1.21 bits per heavy atom. The van der Waals surface area contributed by atoms with E-state index in [1.165, 1.54) is 18.4 Å². The van der Waals surface area contributed by atoms with E-state index in [0.717, 1.165) is 22.4 Å². The van der Waals surface area contributed by atoms with Crippen molar-refractivity contribution in [3.05, 3.63) is 69.3 Å². The average molecular weight is 416 g/mol. The van der Waals surface area contributed by atoms with Crippen molar-refractivity contribution < 1.29 is 9.90 Å². The molecule has 3 aromatic rings. The Labute approximate surface area is 172 Å². The second-order valence-corrected chi connectivity index (χ2v) is 7.87. The molecule has 4 rings (SSSR count). The smallest absolute Gasteiger partial charge is 0.404 e. The fraction of sp³-hybridized carbons (Fsp3) is 0.238. The maximum Gasteiger partial charge on any atom is 0.404 e. The van der Waals surface area contributed by atoms with Crippen molar-refractivity contribution in [1.29, 1.82) is 0 Å². The average Bonchev–Trinajstić information content (AvgIpc) is 3.39. The van der Waals surface area contributed by atoms with Crippen LogP contribution in [0, 0.1) is 6.92 Å². The van der Waals surface area contributed by atoms with Crippen LogP contribution in [-0.4, -0.2) is 21.0 Å². The van der Waals surface area contributed by atoms with Gasteiger partial charge < -0.3 is 10.4 Å². The number of carboxylic acid groups (broad SMARTS) is 1. The van der Waals surface area contributed by atoms with Crippen LogP contribution in [0.3, 0.4) is 0 Å². The van der Waals surface area contributed by atoms with Gasteiger partial charge in [-0.1, -0.05) is 35.3 Å². The summed E-state index contributed by atoms with van der Waals surface area (Å²) in [5.41, 5.74) is 5.42. The van der Waals surface area contributed by atoms with Crippen molar-refractivity contribution in [3.8, 4) is 16.9 Å². The molecule has 0 aliphatic heterocycles. The molecule has 1 heterocycles. The zero-order valence-corrected chi connectivity index (χ0v) is 16.8. The molecule has 2 N–H and O–H groups in total. The third-order valence-corrected chi connectivity index (χ3v) is 5.56. The van der Waals surface area contributed by atoms with Crippen molar-refractivity contribution in [3.63, 3.8) is 0 Å². The number of hydrogen-bond acceptors (Lipinski definition) is 2. The lowest BCUT2D eigenvalue weighted by atomic mass is 10.0. The van der Waals surface area contributed by atoms with Gasteiger partial charge >= 0.3 is 6.09 Å². The summed E-state index contributed by atoms with van der Waals surface area (Å²) < 4.78 is 1.69. The summed E-state index contributed by atoms with van der Waals surface area (Å²) in [6, 6.07) is 11.7. The van der Waals surface area contributed by atoms with Gasteiger partial charge in [0.1, 0.15) is 5.69 Å². The van der Waals surface area contributed by atoms with Crippen LogP contribution in [0.15, 0.2) is 42.6 Å². The zero-order valence-electron chi connectivity index (χ0n) is 15.2. The molecule has 1 amide bonds. The minimum absolute atomic E-state index is 0.246. The van der Waals surface area contributed by atoms with Crippen LogP contribution in [0.5, 0.6) is 0 Å². The van der Waals surface area contributed by atoms with Crippen LogP contribution >= 0.6 is 23.2 Å². The van der Waals surface area contributed by atoms with Gasteiger partial charge in [0.05, 0.1) is 15.7 Å². The lowest BCUT2D eigenvalue weighted by Gasteiger charge is -2.10. The molecule has 1 fully saturated rings. The number of aryl methyl sites for hydroxylation is 1. The van der Waals surface area contributed by atoms with Crippen molar-refractivity contribution in [2.75, 3.05) is 0 Å². The molecule has 0 radical (unpaired) electrons. The molecule has 2 aromatic carbocycles. The lowest BCUT2D eigenvalue weighted by molar-refractivity contribution is 0.194. The topological polar surface area (TPSA) is 67.2 Å². The van der Waals surface area contributed by atoms with E-state index in [4.69, 9.17) is 28.3 Å². The highest BCUT2D eigenvalue weighted by molar-refractivity contribution is 6.37. The van der Waals surface area contributed by atoms with E-state index in [9.17, 15) is 4.79 Å². The summed E-state index contributed by atoms with van der Waals surface area (Å²) in [7, 11) is 0. The fourth-order valence-corrected chi connectivity index (χ4v) is 3.93. The predicted octanol–water partition coefficient (Wildman–Crippen LogP) is 5.80. The van der Waals surface area contributed by atoms with Crippen LogP contribution in [0.2, 0.25) is 10.0 Å². The zero-order chi connectivity index (χ0) is 19.8. The molecular weight excluding hydrogens is 397 g/mol. The maximum absolute atomic E-state index is 10.8. The van der Waals surface area contributed by atoms with E-state index in [2.05, 4.69) is 10.4 Å². The minimum atomic E-state index is -1.05. The van der Waals surface area contributed by atoms with Gasteiger partial charge in [0, 0.05) is 18.3 Å². The number of carbonyl (C=O) groups is 1. The Kier molecular flexibility index (Phi) is 5.04. The number of rotatable bonds is 5. The molecule has 0 saturated heterocycles. The number of aromatic nitrogens is 2.